The molecule has 0 spiro atoms. The number of methoxy groups -OCH3 is 1. The maximum Gasteiger partial charge on any atom is 0.305 e. The summed E-state index contributed by atoms with van der Waals surface area (Å²) in [4.78, 5) is 19.4. The molecule has 8 heteroatoms. The van der Waals surface area contributed by atoms with Crippen molar-refractivity contribution in [1.82, 2.24) is 9.97 Å². The van der Waals surface area contributed by atoms with Crippen LogP contribution in [0.25, 0.3) is 33.6 Å². The Morgan fingerprint density at radius 2 is 1.82 bits per heavy atom. The van der Waals surface area contributed by atoms with Crippen molar-refractivity contribution in [3.8, 4) is 28.2 Å². The third-order valence-electron chi connectivity index (χ3n) is 5.12. The normalized spacial score (nSPS) is 10.9. The lowest BCUT2D eigenvalue weighted by Crippen LogP contribution is -2.09. The molecule has 0 aliphatic heterocycles. The molecule has 170 valence electrons. The van der Waals surface area contributed by atoms with Crippen molar-refractivity contribution in [2.45, 2.75) is 12.8 Å². The predicted molar refractivity (Wildman–Crippen MR) is 125 cm³/mol. The molecule has 4 rings (SSSR count). The van der Waals surface area contributed by atoms with Crippen molar-refractivity contribution < 1.29 is 23.8 Å². The van der Waals surface area contributed by atoms with E-state index in [4.69, 9.17) is 19.0 Å². The first-order valence-electron chi connectivity index (χ1n) is 10.7. The number of aromatic nitrogens is 2. The first kappa shape index (κ1) is 22.3. The Bertz CT molecular complexity index is 1210. The zero-order valence-corrected chi connectivity index (χ0v) is 18.3. The fraction of sp³-hybridized carbons (Fsp3) is 0.240. The number of nitrogens with one attached hydrogen (secondary N) is 1. The van der Waals surface area contributed by atoms with E-state index in [1.54, 1.807) is 7.11 Å². The number of anilines is 1. The smallest absolute Gasteiger partial charge is 0.305 e. The topological polar surface area (TPSA) is 107 Å². The number of carbonyl (C=O) groups is 1. The van der Waals surface area contributed by atoms with E-state index < -0.39 is 5.97 Å². The van der Waals surface area contributed by atoms with Gasteiger partial charge in [0.2, 0.25) is 5.71 Å². The van der Waals surface area contributed by atoms with Gasteiger partial charge in [0.1, 0.15) is 23.7 Å². The third-order valence-corrected chi connectivity index (χ3v) is 5.12. The molecule has 33 heavy (non-hydrogen) atoms. The van der Waals surface area contributed by atoms with E-state index in [-0.39, 0.29) is 13.0 Å². The van der Waals surface area contributed by atoms with Crippen LogP contribution in [0.1, 0.15) is 12.8 Å². The molecule has 0 amide bonds. The molecular weight excluding hydrogens is 422 g/mol. The maximum atomic E-state index is 10.6. The molecule has 0 aliphatic rings. The number of rotatable bonds is 11. The van der Waals surface area contributed by atoms with Gasteiger partial charge in [0.05, 0.1) is 25.5 Å². The summed E-state index contributed by atoms with van der Waals surface area (Å²) in [5.41, 5.74) is 3.30. The van der Waals surface area contributed by atoms with Crippen LogP contribution in [0.5, 0.6) is 5.75 Å². The zero-order valence-electron chi connectivity index (χ0n) is 18.3. The quantitative estimate of drug-likeness (QED) is 0.314. The van der Waals surface area contributed by atoms with Gasteiger partial charge in [-0.1, -0.05) is 42.5 Å². The predicted octanol–water partition coefficient (Wildman–Crippen LogP) is 4.86. The van der Waals surface area contributed by atoms with Crippen molar-refractivity contribution in [1.29, 1.82) is 0 Å². The Balaban J connectivity index is 1.64. The summed E-state index contributed by atoms with van der Waals surface area (Å²) >= 11 is 0. The lowest BCUT2D eigenvalue weighted by atomic mass is 9.99. The number of hydrogen-bond acceptors (Lipinski definition) is 7. The average Bonchev–Trinajstić information content (AvgIpc) is 3.24. The van der Waals surface area contributed by atoms with Gasteiger partial charge in [-0.25, -0.2) is 9.97 Å². The molecule has 8 nitrogen and oxygen atoms in total. The van der Waals surface area contributed by atoms with Gasteiger partial charge >= 0.3 is 5.97 Å². The Hall–Kier alpha value is -3.91. The fourth-order valence-electron chi connectivity index (χ4n) is 3.54. The third kappa shape index (κ3) is 5.30. The Kier molecular flexibility index (Phi) is 7.16. The summed E-state index contributed by atoms with van der Waals surface area (Å²) in [7, 11) is 1.64. The minimum atomic E-state index is -0.864. The Labute approximate surface area is 191 Å². The van der Waals surface area contributed by atoms with Crippen LogP contribution in [-0.2, 0) is 9.53 Å². The number of aliphatic carboxylic acids is 1. The van der Waals surface area contributed by atoms with Crippen LogP contribution in [0.3, 0.4) is 0 Å². The average molecular weight is 447 g/mol. The molecule has 0 bridgehead atoms. The number of hydrogen-bond donors (Lipinski definition) is 2. The van der Waals surface area contributed by atoms with E-state index >= 15 is 0 Å². The van der Waals surface area contributed by atoms with Gasteiger partial charge in [-0.05, 0) is 24.1 Å². The molecule has 0 fully saturated rings. The summed E-state index contributed by atoms with van der Waals surface area (Å²) in [5, 5.41) is 12.8. The summed E-state index contributed by atoms with van der Waals surface area (Å²) in [6, 6.07) is 17.7. The molecule has 0 radical (unpaired) electrons. The van der Waals surface area contributed by atoms with Gasteiger partial charge in [0.15, 0.2) is 0 Å². The second-order valence-corrected chi connectivity index (χ2v) is 7.34. The van der Waals surface area contributed by atoms with Crippen LogP contribution in [-0.4, -0.2) is 47.9 Å². The van der Waals surface area contributed by atoms with Gasteiger partial charge in [0, 0.05) is 24.3 Å². The maximum absolute atomic E-state index is 10.6. The summed E-state index contributed by atoms with van der Waals surface area (Å²) in [6.07, 6.45) is 2.18. The number of fused-ring (bicyclic) bond motifs is 1. The van der Waals surface area contributed by atoms with E-state index in [1.165, 1.54) is 6.33 Å². The standard InChI is InChI=1S/C25H25N3O5/c1-31-19-10-8-17(9-11-19)21-22-24(26-13-5-14-32-15-12-20(29)30)27-16-28-25(22)33-23(21)18-6-3-2-4-7-18/h2-4,6-11,16H,5,12-15H2,1H3,(H,29,30)(H,26,27,28). The van der Waals surface area contributed by atoms with E-state index in [0.29, 0.717) is 31.1 Å². The van der Waals surface area contributed by atoms with Crippen LogP contribution in [0, 0.1) is 0 Å². The molecule has 0 unspecified atom stereocenters. The van der Waals surface area contributed by atoms with Crippen molar-refractivity contribution in [3.05, 3.63) is 60.9 Å². The molecule has 0 saturated carbocycles. The van der Waals surface area contributed by atoms with Gasteiger partial charge in [-0.2, -0.15) is 0 Å². The fourth-order valence-corrected chi connectivity index (χ4v) is 3.54. The van der Waals surface area contributed by atoms with E-state index in [1.807, 2.05) is 54.6 Å². The lowest BCUT2D eigenvalue weighted by Gasteiger charge is -2.09. The zero-order chi connectivity index (χ0) is 23.0. The highest BCUT2D eigenvalue weighted by Crippen LogP contribution is 2.42. The van der Waals surface area contributed by atoms with Crippen LogP contribution < -0.4 is 10.1 Å². The second-order valence-electron chi connectivity index (χ2n) is 7.34. The molecule has 2 heterocycles. The second kappa shape index (κ2) is 10.6. The Morgan fingerprint density at radius 3 is 2.55 bits per heavy atom. The number of nitrogens with zero attached hydrogens (tertiary/aromatic N) is 2. The number of furan rings is 1. The molecule has 0 atom stereocenters. The molecule has 2 aromatic carbocycles. The minimum absolute atomic E-state index is 0.00244. The van der Waals surface area contributed by atoms with E-state index in [2.05, 4.69) is 15.3 Å². The highest BCUT2D eigenvalue weighted by atomic mass is 16.5. The summed E-state index contributed by atoms with van der Waals surface area (Å²) < 4.78 is 16.9. The Morgan fingerprint density at radius 1 is 1.03 bits per heavy atom. The van der Waals surface area contributed by atoms with Crippen molar-refractivity contribution in [2.75, 3.05) is 32.2 Å². The van der Waals surface area contributed by atoms with Crippen LogP contribution in [0.15, 0.2) is 65.3 Å². The minimum Gasteiger partial charge on any atom is -0.497 e. The number of benzene rings is 2. The highest BCUT2D eigenvalue weighted by molar-refractivity contribution is 6.05. The van der Waals surface area contributed by atoms with E-state index in [0.717, 1.165) is 33.6 Å². The molecule has 0 saturated heterocycles. The lowest BCUT2D eigenvalue weighted by molar-refractivity contribution is -0.138. The molecule has 2 aromatic heterocycles. The van der Waals surface area contributed by atoms with E-state index in [9.17, 15) is 4.79 Å². The largest absolute Gasteiger partial charge is 0.497 e. The molecule has 4 aromatic rings. The first-order valence-corrected chi connectivity index (χ1v) is 10.7. The molecule has 0 aliphatic carbocycles. The number of carboxylic acid groups (broad SMARTS) is 1. The van der Waals surface area contributed by atoms with Crippen LogP contribution >= 0.6 is 0 Å². The van der Waals surface area contributed by atoms with Gasteiger partial charge in [-0.3, -0.25) is 4.79 Å². The SMILES string of the molecule is COc1ccc(-c2c(-c3ccccc3)oc3ncnc(NCCCOCCC(=O)O)c23)cc1. The van der Waals surface area contributed by atoms with Crippen molar-refractivity contribution in [2.24, 2.45) is 0 Å². The van der Waals surface area contributed by atoms with Gasteiger partial charge < -0.3 is 24.3 Å². The monoisotopic (exact) mass is 447 g/mol. The van der Waals surface area contributed by atoms with Gasteiger partial charge in [0.25, 0.3) is 0 Å². The van der Waals surface area contributed by atoms with Crippen LogP contribution in [0.4, 0.5) is 5.82 Å². The highest BCUT2D eigenvalue weighted by Gasteiger charge is 2.22. The summed E-state index contributed by atoms with van der Waals surface area (Å²) in [6.45, 7) is 1.27. The number of carboxylic acids is 1. The van der Waals surface area contributed by atoms with Crippen molar-refractivity contribution >= 4 is 22.9 Å². The van der Waals surface area contributed by atoms with Gasteiger partial charge in [-0.15, -0.1) is 0 Å². The molecular formula is C25H25N3O5. The number of ether oxygens (including phenoxy) is 2. The molecule has 2 N–H and O–H groups in total. The van der Waals surface area contributed by atoms with Crippen molar-refractivity contribution in [3.63, 3.8) is 0 Å². The summed E-state index contributed by atoms with van der Waals surface area (Å²) in [5.74, 6) is 1.29. The van der Waals surface area contributed by atoms with Crippen LogP contribution in [0.2, 0.25) is 0 Å². The first-order chi connectivity index (χ1) is 16.2.